The third kappa shape index (κ3) is 4.56. The Morgan fingerprint density at radius 3 is 2.51 bits per heavy atom. The van der Waals surface area contributed by atoms with Crippen molar-refractivity contribution in [3.05, 3.63) is 126 Å². The summed E-state index contributed by atoms with van der Waals surface area (Å²) < 4.78 is 11.4. The molecule has 3 heterocycles. The number of pyridine rings is 1. The minimum Gasteiger partial charge on any atom is -0.507 e. The van der Waals surface area contributed by atoms with E-state index < -0.39 is 17.7 Å². The normalized spacial score (nSPS) is 17.0. The molecule has 1 aliphatic rings. The number of nitrogens with zero attached hydrogens (tertiary/aromatic N) is 2. The summed E-state index contributed by atoms with van der Waals surface area (Å²) in [4.78, 5) is 31.6. The molecule has 2 aromatic carbocycles. The van der Waals surface area contributed by atoms with Crippen LogP contribution in [0.5, 0.6) is 5.75 Å². The van der Waals surface area contributed by atoms with Crippen LogP contribution in [0.4, 0.5) is 0 Å². The maximum Gasteiger partial charge on any atom is 0.296 e. The number of amides is 1. The molecule has 0 spiro atoms. The van der Waals surface area contributed by atoms with Crippen LogP contribution in [-0.2, 0) is 22.7 Å². The topological polar surface area (TPSA) is 92.9 Å². The van der Waals surface area contributed by atoms with Crippen molar-refractivity contribution in [3.63, 3.8) is 0 Å². The second-order valence-electron chi connectivity index (χ2n) is 8.09. The quantitative estimate of drug-likeness (QED) is 0.237. The van der Waals surface area contributed by atoms with Crippen molar-refractivity contribution in [2.75, 3.05) is 0 Å². The average Bonchev–Trinajstić information content (AvgIpc) is 3.51. The Hall–Kier alpha value is -4.65. The SMILES string of the molecule is O=C1C(=O)N(Cc2ccco2)C(c2cccc(OCc3ccccc3)c2)/C1=C(/O)c1ccncc1. The largest absolute Gasteiger partial charge is 0.507 e. The second kappa shape index (κ2) is 9.69. The molecule has 7 nitrogen and oxygen atoms in total. The molecule has 1 amide bonds. The molecule has 1 unspecified atom stereocenters. The Balaban J connectivity index is 1.55. The lowest BCUT2D eigenvalue weighted by molar-refractivity contribution is -0.140. The number of ether oxygens (including phenoxy) is 1. The smallest absolute Gasteiger partial charge is 0.296 e. The number of carbonyl (C=O) groups excluding carboxylic acids is 2. The molecule has 2 aromatic heterocycles. The lowest BCUT2D eigenvalue weighted by Gasteiger charge is -2.25. The van der Waals surface area contributed by atoms with E-state index in [4.69, 9.17) is 9.15 Å². The van der Waals surface area contributed by atoms with Gasteiger partial charge >= 0.3 is 0 Å². The van der Waals surface area contributed by atoms with Crippen LogP contribution >= 0.6 is 0 Å². The van der Waals surface area contributed by atoms with E-state index in [1.54, 1.807) is 42.5 Å². The van der Waals surface area contributed by atoms with Gasteiger partial charge in [0.05, 0.1) is 24.4 Å². The minimum absolute atomic E-state index is 0.00738. The summed E-state index contributed by atoms with van der Waals surface area (Å²) in [6.07, 6.45) is 4.54. The minimum atomic E-state index is -0.825. The fraction of sp³-hybridized carbons (Fsp3) is 0.107. The predicted octanol–water partition coefficient (Wildman–Crippen LogP) is 4.88. The van der Waals surface area contributed by atoms with Gasteiger partial charge in [-0.1, -0.05) is 42.5 Å². The molecular formula is C28H22N2O5. The van der Waals surface area contributed by atoms with Crippen LogP contribution in [0.15, 0.2) is 108 Å². The number of likely N-dealkylation sites (tertiary alicyclic amines) is 1. The van der Waals surface area contributed by atoms with E-state index in [-0.39, 0.29) is 17.9 Å². The monoisotopic (exact) mass is 466 g/mol. The number of carbonyl (C=O) groups is 2. The van der Waals surface area contributed by atoms with Gasteiger partial charge in [-0.3, -0.25) is 14.6 Å². The summed E-state index contributed by atoms with van der Waals surface area (Å²) in [6.45, 7) is 0.443. The molecule has 174 valence electrons. The lowest BCUT2D eigenvalue weighted by atomic mass is 9.95. The van der Waals surface area contributed by atoms with Crippen molar-refractivity contribution >= 4 is 17.4 Å². The van der Waals surface area contributed by atoms with Crippen LogP contribution in [0.3, 0.4) is 0 Å². The van der Waals surface area contributed by atoms with E-state index in [0.717, 1.165) is 5.56 Å². The Labute approximate surface area is 201 Å². The summed E-state index contributed by atoms with van der Waals surface area (Å²) in [5.74, 6) is -0.617. The molecule has 1 N–H and O–H groups in total. The highest BCUT2D eigenvalue weighted by atomic mass is 16.5. The zero-order valence-electron chi connectivity index (χ0n) is 18.7. The van der Waals surface area contributed by atoms with Crippen LogP contribution in [0, 0.1) is 0 Å². The molecule has 1 fully saturated rings. The summed E-state index contributed by atoms with van der Waals surface area (Å²) in [6, 6.07) is 22.8. The van der Waals surface area contributed by atoms with Gasteiger partial charge < -0.3 is 19.2 Å². The maximum absolute atomic E-state index is 13.2. The molecule has 35 heavy (non-hydrogen) atoms. The zero-order chi connectivity index (χ0) is 24.2. The molecule has 0 radical (unpaired) electrons. The first-order chi connectivity index (χ1) is 17.1. The van der Waals surface area contributed by atoms with E-state index >= 15 is 0 Å². The summed E-state index contributed by atoms with van der Waals surface area (Å²) in [7, 11) is 0. The zero-order valence-corrected chi connectivity index (χ0v) is 18.7. The maximum atomic E-state index is 13.2. The van der Waals surface area contributed by atoms with Crippen LogP contribution in [-0.4, -0.2) is 26.7 Å². The van der Waals surface area contributed by atoms with Crippen LogP contribution in [0.25, 0.3) is 5.76 Å². The number of furan rings is 1. The fourth-order valence-corrected chi connectivity index (χ4v) is 4.14. The van der Waals surface area contributed by atoms with E-state index in [1.807, 2.05) is 36.4 Å². The Morgan fingerprint density at radius 1 is 0.971 bits per heavy atom. The number of hydrogen-bond donors (Lipinski definition) is 1. The first kappa shape index (κ1) is 22.2. The molecule has 0 aliphatic carbocycles. The number of aliphatic hydroxyl groups is 1. The van der Waals surface area contributed by atoms with Crippen LogP contribution in [0.1, 0.15) is 28.5 Å². The molecule has 0 saturated carbocycles. The molecule has 0 bridgehead atoms. The van der Waals surface area contributed by atoms with Crippen molar-refractivity contribution < 1.29 is 23.8 Å². The number of ketones is 1. The molecule has 1 atom stereocenters. The van der Waals surface area contributed by atoms with E-state index in [1.165, 1.54) is 23.6 Å². The number of aliphatic hydroxyl groups excluding tert-OH is 1. The van der Waals surface area contributed by atoms with Gasteiger partial charge in [0.2, 0.25) is 0 Å². The van der Waals surface area contributed by atoms with E-state index in [9.17, 15) is 14.7 Å². The standard InChI is InChI=1S/C28H22N2O5/c31-26(20-11-13-29-14-12-20)24-25(30(28(33)27(24)32)17-23-10-5-15-34-23)21-8-4-9-22(16-21)35-18-19-6-2-1-3-7-19/h1-16,25,31H,17-18H2/b26-24-. The van der Waals surface area contributed by atoms with Gasteiger partial charge in [-0.05, 0) is 47.5 Å². The van der Waals surface area contributed by atoms with Gasteiger partial charge in [-0.2, -0.15) is 0 Å². The molecule has 5 rings (SSSR count). The second-order valence-corrected chi connectivity index (χ2v) is 8.09. The van der Waals surface area contributed by atoms with Crippen molar-refractivity contribution in [2.24, 2.45) is 0 Å². The Morgan fingerprint density at radius 2 is 1.77 bits per heavy atom. The van der Waals surface area contributed by atoms with Gasteiger partial charge in [-0.15, -0.1) is 0 Å². The number of Topliss-reactive ketones (excluding diaryl/α,β-unsaturated/α-hetero) is 1. The average molecular weight is 466 g/mol. The van der Waals surface area contributed by atoms with Crippen LogP contribution in [0.2, 0.25) is 0 Å². The molecule has 4 aromatic rings. The fourth-order valence-electron chi connectivity index (χ4n) is 4.14. The third-order valence-electron chi connectivity index (χ3n) is 5.82. The van der Waals surface area contributed by atoms with Gasteiger partial charge in [0.25, 0.3) is 11.7 Å². The highest BCUT2D eigenvalue weighted by molar-refractivity contribution is 6.46. The van der Waals surface area contributed by atoms with Gasteiger partial charge in [0.15, 0.2) is 0 Å². The number of benzene rings is 2. The first-order valence-corrected chi connectivity index (χ1v) is 11.1. The van der Waals surface area contributed by atoms with Crippen LogP contribution < -0.4 is 4.74 Å². The first-order valence-electron chi connectivity index (χ1n) is 11.1. The van der Waals surface area contributed by atoms with Crippen molar-refractivity contribution in [1.29, 1.82) is 0 Å². The Kier molecular flexibility index (Phi) is 6.13. The lowest BCUT2D eigenvalue weighted by Crippen LogP contribution is -2.29. The molecule has 1 saturated heterocycles. The summed E-state index contributed by atoms with van der Waals surface area (Å²) in [5, 5.41) is 11.1. The van der Waals surface area contributed by atoms with E-state index in [0.29, 0.717) is 29.2 Å². The molecule has 7 heteroatoms. The van der Waals surface area contributed by atoms with Crippen molar-refractivity contribution in [2.45, 2.75) is 19.2 Å². The summed E-state index contributed by atoms with van der Waals surface area (Å²) in [5.41, 5.74) is 2.06. The molecular weight excluding hydrogens is 444 g/mol. The number of hydrogen-bond acceptors (Lipinski definition) is 6. The van der Waals surface area contributed by atoms with Gasteiger partial charge in [-0.25, -0.2) is 0 Å². The van der Waals surface area contributed by atoms with Gasteiger partial charge in [0, 0.05) is 18.0 Å². The third-order valence-corrected chi connectivity index (χ3v) is 5.82. The Bertz CT molecular complexity index is 1370. The predicted molar refractivity (Wildman–Crippen MR) is 128 cm³/mol. The summed E-state index contributed by atoms with van der Waals surface area (Å²) >= 11 is 0. The number of aromatic nitrogens is 1. The van der Waals surface area contributed by atoms with Gasteiger partial charge in [0.1, 0.15) is 23.9 Å². The highest BCUT2D eigenvalue weighted by Crippen LogP contribution is 2.41. The number of rotatable bonds is 7. The molecule has 1 aliphatic heterocycles. The van der Waals surface area contributed by atoms with Crippen molar-refractivity contribution in [3.8, 4) is 5.75 Å². The highest BCUT2D eigenvalue weighted by Gasteiger charge is 2.46. The van der Waals surface area contributed by atoms with E-state index in [2.05, 4.69) is 4.98 Å². The van der Waals surface area contributed by atoms with Crippen molar-refractivity contribution in [1.82, 2.24) is 9.88 Å².